The van der Waals surface area contributed by atoms with Gasteiger partial charge in [0.15, 0.2) is 11.9 Å². The number of hydrogen-bond acceptors (Lipinski definition) is 4. The SMILES string of the molecule is Cc1cccc(C(C)C)c1NC(=O)[C@@H](C)OC(=O)CCC(=O)c1ccc(F)cc1. The first kappa shape index (κ1) is 22.3. The maximum Gasteiger partial charge on any atom is 0.307 e. The summed E-state index contributed by atoms with van der Waals surface area (Å²) in [6, 6.07) is 10.9. The molecule has 5 nitrogen and oxygen atoms in total. The van der Waals surface area contributed by atoms with E-state index < -0.39 is 23.8 Å². The summed E-state index contributed by atoms with van der Waals surface area (Å²) in [6.45, 7) is 7.46. The van der Waals surface area contributed by atoms with Gasteiger partial charge in [-0.1, -0.05) is 32.0 Å². The Bertz CT molecular complexity index is 890. The average molecular weight is 399 g/mol. The van der Waals surface area contributed by atoms with Crippen LogP contribution in [0, 0.1) is 12.7 Å². The lowest BCUT2D eigenvalue weighted by Gasteiger charge is -2.19. The zero-order chi connectivity index (χ0) is 21.6. The van der Waals surface area contributed by atoms with Crippen molar-refractivity contribution in [2.45, 2.75) is 52.6 Å². The van der Waals surface area contributed by atoms with E-state index in [4.69, 9.17) is 4.74 Å². The van der Waals surface area contributed by atoms with Gasteiger partial charge in [0.2, 0.25) is 0 Å². The molecule has 6 heteroatoms. The van der Waals surface area contributed by atoms with Crippen LogP contribution in [0.3, 0.4) is 0 Å². The molecule has 1 atom stereocenters. The molecule has 1 N–H and O–H groups in total. The Kier molecular flexibility index (Phi) is 7.65. The van der Waals surface area contributed by atoms with Gasteiger partial charge in [0.25, 0.3) is 5.91 Å². The summed E-state index contributed by atoms with van der Waals surface area (Å²) in [5.74, 6) is -1.58. The van der Waals surface area contributed by atoms with Crippen LogP contribution >= 0.6 is 0 Å². The Morgan fingerprint density at radius 3 is 2.28 bits per heavy atom. The Labute approximate surface area is 170 Å². The highest BCUT2D eigenvalue weighted by molar-refractivity contribution is 5.98. The van der Waals surface area contributed by atoms with E-state index in [9.17, 15) is 18.8 Å². The van der Waals surface area contributed by atoms with Gasteiger partial charge in [-0.3, -0.25) is 14.4 Å². The fraction of sp³-hybridized carbons (Fsp3) is 0.348. The number of para-hydroxylation sites is 1. The summed E-state index contributed by atoms with van der Waals surface area (Å²) >= 11 is 0. The van der Waals surface area contributed by atoms with E-state index >= 15 is 0 Å². The second-order valence-electron chi connectivity index (χ2n) is 7.25. The van der Waals surface area contributed by atoms with Gasteiger partial charge >= 0.3 is 5.97 Å². The number of hydrogen-bond donors (Lipinski definition) is 1. The summed E-state index contributed by atoms with van der Waals surface area (Å²) < 4.78 is 18.1. The first-order valence-electron chi connectivity index (χ1n) is 9.57. The summed E-state index contributed by atoms with van der Waals surface area (Å²) in [5.41, 5.74) is 2.97. The normalized spacial score (nSPS) is 11.8. The third-order valence-corrected chi connectivity index (χ3v) is 4.58. The van der Waals surface area contributed by atoms with Crippen LogP contribution in [0.15, 0.2) is 42.5 Å². The van der Waals surface area contributed by atoms with E-state index in [1.165, 1.54) is 31.2 Å². The standard InChI is InChI=1S/C23H26FNO4/c1-14(2)19-7-5-6-15(3)22(19)25-23(28)16(4)29-21(27)13-12-20(26)17-8-10-18(24)11-9-17/h5-11,14,16H,12-13H2,1-4H3,(H,25,28)/t16-/m1/s1. The van der Waals surface area contributed by atoms with Crippen LogP contribution in [-0.4, -0.2) is 23.8 Å². The summed E-state index contributed by atoms with van der Waals surface area (Å²) in [7, 11) is 0. The molecule has 29 heavy (non-hydrogen) atoms. The van der Waals surface area contributed by atoms with E-state index in [2.05, 4.69) is 5.32 Å². The molecule has 0 heterocycles. The molecule has 0 aliphatic carbocycles. The fourth-order valence-corrected chi connectivity index (χ4v) is 2.87. The van der Waals surface area contributed by atoms with Gasteiger partial charge in [0, 0.05) is 17.7 Å². The van der Waals surface area contributed by atoms with Crippen molar-refractivity contribution in [3.05, 3.63) is 65.0 Å². The molecule has 0 saturated carbocycles. The van der Waals surface area contributed by atoms with Gasteiger partial charge in [-0.15, -0.1) is 0 Å². The van der Waals surface area contributed by atoms with Crippen LogP contribution in [0.4, 0.5) is 10.1 Å². The van der Waals surface area contributed by atoms with Crippen molar-refractivity contribution in [3.8, 4) is 0 Å². The first-order valence-corrected chi connectivity index (χ1v) is 9.57. The molecule has 0 bridgehead atoms. The van der Waals surface area contributed by atoms with Gasteiger partial charge < -0.3 is 10.1 Å². The highest BCUT2D eigenvalue weighted by Crippen LogP contribution is 2.27. The van der Waals surface area contributed by atoms with Crippen molar-refractivity contribution in [1.29, 1.82) is 0 Å². The number of aryl methyl sites for hydroxylation is 1. The van der Waals surface area contributed by atoms with Gasteiger partial charge in [-0.05, 0) is 55.2 Å². The number of nitrogens with one attached hydrogen (secondary N) is 1. The monoisotopic (exact) mass is 399 g/mol. The Hall–Kier alpha value is -3.02. The number of carbonyl (C=O) groups excluding carboxylic acids is 3. The maximum atomic E-state index is 12.9. The smallest absolute Gasteiger partial charge is 0.307 e. The Balaban J connectivity index is 1.90. The molecule has 0 aliphatic rings. The lowest BCUT2D eigenvalue weighted by Crippen LogP contribution is -2.30. The number of ketones is 1. The summed E-state index contributed by atoms with van der Waals surface area (Å²) in [5, 5.41) is 2.84. The molecule has 2 rings (SSSR count). The Morgan fingerprint density at radius 1 is 1.00 bits per heavy atom. The molecule has 2 aromatic carbocycles. The van der Waals surface area contributed by atoms with Crippen LogP contribution < -0.4 is 5.32 Å². The van der Waals surface area contributed by atoms with Gasteiger partial charge in [-0.2, -0.15) is 0 Å². The first-order chi connectivity index (χ1) is 13.7. The number of Topliss-reactive ketones (excluding diaryl/α,β-unsaturated/α-hetero) is 1. The van der Waals surface area contributed by atoms with E-state index in [0.29, 0.717) is 5.56 Å². The van der Waals surface area contributed by atoms with Gasteiger partial charge in [0.1, 0.15) is 5.82 Å². The van der Waals surface area contributed by atoms with E-state index in [-0.39, 0.29) is 24.5 Å². The quantitative estimate of drug-likeness (QED) is 0.512. The molecule has 0 aromatic heterocycles. The van der Waals surface area contributed by atoms with Gasteiger partial charge in [0.05, 0.1) is 6.42 Å². The second kappa shape index (κ2) is 9.96. The minimum absolute atomic E-state index is 0.0753. The molecular formula is C23H26FNO4. The molecule has 0 radical (unpaired) electrons. The number of anilines is 1. The molecule has 0 aliphatic heterocycles. The van der Waals surface area contributed by atoms with Crippen molar-refractivity contribution in [2.75, 3.05) is 5.32 Å². The minimum Gasteiger partial charge on any atom is -0.453 e. The minimum atomic E-state index is -0.997. The van der Waals surface area contributed by atoms with E-state index in [0.717, 1.165) is 16.8 Å². The number of carbonyl (C=O) groups is 3. The number of amides is 1. The predicted molar refractivity (Wildman–Crippen MR) is 109 cm³/mol. The van der Waals surface area contributed by atoms with Crippen LogP contribution in [0.25, 0.3) is 0 Å². The molecular weight excluding hydrogens is 373 g/mol. The van der Waals surface area contributed by atoms with Crippen molar-refractivity contribution < 1.29 is 23.5 Å². The zero-order valence-corrected chi connectivity index (χ0v) is 17.1. The number of halogens is 1. The topological polar surface area (TPSA) is 72.5 Å². The lowest BCUT2D eigenvalue weighted by molar-refractivity contribution is -0.153. The molecule has 154 valence electrons. The largest absolute Gasteiger partial charge is 0.453 e. The molecule has 0 fully saturated rings. The lowest BCUT2D eigenvalue weighted by atomic mass is 9.98. The van der Waals surface area contributed by atoms with E-state index in [1.54, 1.807) is 0 Å². The van der Waals surface area contributed by atoms with Crippen molar-refractivity contribution in [2.24, 2.45) is 0 Å². The third kappa shape index (κ3) is 6.24. The second-order valence-corrected chi connectivity index (χ2v) is 7.25. The van der Waals surface area contributed by atoms with Crippen LogP contribution in [0.5, 0.6) is 0 Å². The maximum absolute atomic E-state index is 12.9. The molecule has 0 unspecified atom stereocenters. The molecule has 2 aromatic rings. The molecule has 0 spiro atoms. The number of ether oxygens (including phenoxy) is 1. The Morgan fingerprint density at radius 2 is 1.66 bits per heavy atom. The molecule has 1 amide bonds. The number of benzene rings is 2. The van der Waals surface area contributed by atoms with Crippen molar-refractivity contribution >= 4 is 23.3 Å². The van der Waals surface area contributed by atoms with Crippen molar-refractivity contribution in [3.63, 3.8) is 0 Å². The van der Waals surface area contributed by atoms with Crippen LogP contribution in [-0.2, 0) is 14.3 Å². The van der Waals surface area contributed by atoms with Crippen molar-refractivity contribution in [1.82, 2.24) is 0 Å². The van der Waals surface area contributed by atoms with Crippen LogP contribution in [0.2, 0.25) is 0 Å². The van der Waals surface area contributed by atoms with E-state index in [1.807, 2.05) is 39.0 Å². The molecule has 0 saturated heterocycles. The summed E-state index contributed by atoms with van der Waals surface area (Å²) in [4.78, 5) is 36.6. The highest BCUT2D eigenvalue weighted by Gasteiger charge is 2.21. The number of rotatable bonds is 8. The summed E-state index contributed by atoms with van der Waals surface area (Å²) in [6.07, 6.45) is -1.23. The van der Waals surface area contributed by atoms with Gasteiger partial charge in [-0.25, -0.2) is 4.39 Å². The third-order valence-electron chi connectivity index (χ3n) is 4.58. The highest BCUT2D eigenvalue weighted by atomic mass is 19.1. The average Bonchev–Trinajstić information content (AvgIpc) is 2.67. The zero-order valence-electron chi connectivity index (χ0n) is 17.1. The predicted octanol–water partition coefficient (Wildman–Crippen LogP) is 4.79. The van der Waals surface area contributed by atoms with Crippen LogP contribution in [0.1, 0.15) is 61.0 Å². The fourth-order valence-electron chi connectivity index (χ4n) is 2.87. The number of esters is 1.